The van der Waals surface area contributed by atoms with Gasteiger partial charge in [0.2, 0.25) is 0 Å². The molecule has 2 aromatic rings. The van der Waals surface area contributed by atoms with Crippen molar-refractivity contribution in [1.29, 1.82) is 0 Å². The molecule has 1 atom stereocenters. The second-order valence-electron chi connectivity index (χ2n) is 5.34. The molecule has 4 nitrogen and oxygen atoms in total. The van der Waals surface area contributed by atoms with E-state index in [2.05, 4.69) is 18.0 Å². The molecule has 1 aliphatic carbocycles. The molecule has 1 aliphatic rings. The molecule has 0 bridgehead atoms. The predicted octanol–water partition coefficient (Wildman–Crippen LogP) is 3.59. The zero-order valence-electron chi connectivity index (χ0n) is 11.8. The molecule has 1 N–H and O–H groups in total. The molecule has 3 rings (SSSR count). The number of hydrogen-bond donors (Lipinski definition) is 1. The topological polar surface area (TPSA) is 59.4 Å². The fourth-order valence-electron chi connectivity index (χ4n) is 2.87. The molecule has 0 spiro atoms. The molecule has 0 saturated heterocycles. The Labute approximate surface area is 127 Å². The standard InChI is InChI=1S/C16H17NO3S/c1-10-13-5-4-12(20-16(18)19)8-15(13)21-14(10)7-11-3-2-6-17-9-11/h2-3,6,9,12H,4-5,7-8H2,1H3,(H,18,19). The summed E-state index contributed by atoms with van der Waals surface area (Å²) in [7, 11) is 0. The van der Waals surface area contributed by atoms with Crippen LogP contribution in [0, 0.1) is 6.92 Å². The number of rotatable bonds is 3. The molecular formula is C16H17NO3S. The van der Waals surface area contributed by atoms with Crippen molar-refractivity contribution < 1.29 is 14.6 Å². The fourth-order valence-corrected chi connectivity index (χ4v) is 4.33. The molecular weight excluding hydrogens is 286 g/mol. The lowest BCUT2D eigenvalue weighted by molar-refractivity contribution is 0.0466. The first-order chi connectivity index (χ1) is 10.1. The maximum Gasteiger partial charge on any atom is 0.506 e. The summed E-state index contributed by atoms with van der Waals surface area (Å²) in [4.78, 5) is 17.5. The van der Waals surface area contributed by atoms with E-state index in [1.165, 1.54) is 26.4 Å². The molecule has 2 aromatic heterocycles. The van der Waals surface area contributed by atoms with E-state index in [0.717, 1.165) is 19.3 Å². The Morgan fingerprint density at radius 1 is 1.57 bits per heavy atom. The Kier molecular flexibility index (Phi) is 3.92. The molecule has 2 heterocycles. The maximum absolute atomic E-state index is 10.7. The lowest BCUT2D eigenvalue weighted by Crippen LogP contribution is -2.23. The van der Waals surface area contributed by atoms with Gasteiger partial charge >= 0.3 is 6.16 Å². The molecule has 0 saturated carbocycles. The van der Waals surface area contributed by atoms with Crippen molar-refractivity contribution in [3.8, 4) is 0 Å². The third kappa shape index (κ3) is 3.08. The number of ether oxygens (including phenoxy) is 1. The van der Waals surface area contributed by atoms with Gasteiger partial charge in [-0.15, -0.1) is 11.3 Å². The lowest BCUT2D eigenvalue weighted by Gasteiger charge is -2.21. The number of hydrogen-bond acceptors (Lipinski definition) is 4. The van der Waals surface area contributed by atoms with E-state index in [4.69, 9.17) is 9.84 Å². The highest BCUT2D eigenvalue weighted by Crippen LogP contribution is 2.35. The normalized spacial score (nSPS) is 17.3. The minimum absolute atomic E-state index is 0.195. The molecule has 110 valence electrons. The number of carbonyl (C=O) groups is 1. The van der Waals surface area contributed by atoms with Gasteiger partial charge in [-0.25, -0.2) is 4.79 Å². The number of nitrogens with zero attached hydrogens (tertiary/aromatic N) is 1. The van der Waals surface area contributed by atoms with Gasteiger partial charge in [0.05, 0.1) is 0 Å². The average Bonchev–Trinajstić information content (AvgIpc) is 2.75. The molecule has 0 amide bonds. The van der Waals surface area contributed by atoms with Crippen LogP contribution >= 0.6 is 11.3 Å². The summed E-state index contributed by atoms with van der Waals surface area (Å²) in [5.74, 6) is 0. The van der Waals surface area contributed by atoms with E-state index >= 15 is 0 Å². The third-order valence-corrected chi connectivity index (χ3v) is 5.29. The van der Waals surface area contributed by atoms with Crippen LogP contribution in [0.1, 0.15) is 32.9 Å². The van der Waals surface area contributed by atoms with Gasteiger partial charge in [0, 0.05) is 35.0 Å². The van der Waals surface area contributed by atoms with E-state index in [0.29, 0.717) is 6.42 Å². The smallest absolute Gasteiger partial charge is 0.450 e. The number of pyridine rings is 1. The molecule has 0 aromatic carbocycles. The van der Waals surface area contributed by atoms with Crippen molar-refractivity contribution in [1.82, 2.24) is 4.98 Å². The summed E-state index contributed by atoms with van der Waals surface area (Å²) in [5, 5.41) is 8.74. The predicted molar refractivity (Wildman–Crippen MR) is 81.0 cm³/mol. The first-order valence-electron chi connectivity index (χ1n) is 7.02. The van der Waals surface area contributed by atoms with Crippen LogP contribution < -0.4 is 0 Å². The second kappa shape index (κ2) is 5.85. The second-order valence-corrected chi connectivity index (χ2v) is 6.53. The quantitative estimate of drug-likeness (QED) is 0.880. The van der Waals surface area contributed by atoms with Crippen molar-refractivity contribution in [2.24, 2.45) is 0 Å². The van der Waals surface area contributed by atoms with Crippen molar-refractivity contribution in [3.63, 3.8) is 0 Å². The van der Waals surface area contributed by atoms with Crippen molar-refractivity contribution in [3.05, 3.63) is 51.0 Å². The number of aromatic nitrogens is 1. The largest absolute Gasteiger partial charge is 0.506 e. The summed E-state index contributed by atoms with van der Waals surface area (Å²) in [5.41, 5.74) is 3.95. The van der Waals surface area contributed by atoms with E-state index in [-0.39, 0.29) is 6.10 Å². The highest BCUT2D eigenvalue weighted by Gasteiger charge is 2.26. The fraction of sp³-hybridized carbons (Fsp3) is 0.375. The number of thiophene rings is 1. The van der Waals surface area contributed by atoms with Gasteiger partial charge < -0.3 is 9.84 Å². The van der Waals surface area contributed by atoms with Gasteiger partial charge in [-0.05, 0) is 42.5 Å². The third-order valence-electron chi connectivity index (χ3n) is 3.94. The van der Waals surface area contributed by atoms with Crippen molar-refractivity contribution in [2.45, 2.75) is 38.7 Å². The Morgan fingerprint density at radius 3 is 3.14 bits per heavy atom. The summed E-state index contributed by atoms with van der Waals surface area (Å²) < 4.78 is 4.93. The zero-order valence-corrected chi connectivity index (χ0v) is 12.7. The summed E-state index contributed by atoms with van der Waals surface area (Å²) >= 11 is 1.79. The first kappa shape index (κ1) is 14.1. The molecule has 0 aliphatic heterocycles. The number of fused-ring (bicyclic) bond motifs is 1. The maximum atomic E-state index is 10.7. The van der Waals surface area contributed by atoms with Gasteiger partial charge in [0.1, 0.15) is 6.10 Å². The van der Waals surface area contributed by atoms with Gasteiger partial charge in [-0.3, -0.25) is 4.98 Å². The van der Waals surface area contributed by atoms with Crippen LogP contribution in [-0.4, -0.2) is 22.3 Å². The molecule has 0 radical (unpaired) electrons. The number of carboxylic acid groups (broad SMARTS) is 1. The van der Waals surface area contributed by atoms with Gasteiger partial charge in [-0.2, -0.15) is 0 Å². The SMILES string of the molecule is Cc1c(Cc2cccnc2)sc2c1CCC(OC(=O)O)C2. The van der Waals surface area contributed by atoms with Crippen LogP contribution in [0.5, 0.6) is 0 Å². The Hall–Kier alpha value is -1.88. The van der Waals surface area contributed by atoms with Gasteiger partial charge in [0.15, 0.2) is 0 Å². The van der Waals surface area contributed by atoms with Crippen LogP contribution in [0.4, 0.5) is 4.79 Å². The summed E-state index contributed by atoms with van der Waals surface area (Å²) in [6, 6.07) is 4.04. The van der Waals surface area contributed by atoms with Crippen molar-refractivity contribution in [2.75, 3.05) is 0 Å². The minimum atomic E-state index is -1.17. The molecule has 0 fully saturated rings. The van der Waals surface area contributed by atoms with E-state index in [1.807, 2.05) is 12.3 Å². The van der Waals surface area contributed by atoms with Gasteiger partial charge in [-0.1, -0.05) is 6.07 Å². The zero-order chi connectivity index (χ0) is 14.8. The Balaban J connectivity index is 1.80. The van der Waals surface area contributed by atoms with E-state index in [9.17, 15) is 4.79 Å². The van der Waals surface area contributed by atoms with Gasteiger partial charge in [0.25, 0.3) is 0 Å². The van der Waals surface area contributed by atoms with E-state index in [1.54, 1.807) is 17.5 Å². The summed E-state index contributed by atoms with van der Waals surface area (Å²) in [6.07, 6.45) is 5.60. The molecule has 21 heavy (non-hydrogen) atoms. The summed E-state index contributed by atoms with van der Waals surface area (Å²) in [6.45, 7) is 2.17. The van der Waals surface area contributed by atoms with Crippen LogP contribution in [0.15, 0.2) is 24.5 Å². The minimum Gasteiger partial charge on any atom is -0.450 e. The highest BCUT2D eigenvalue weighted by atomic mass is 32.1. The monoisotopic (exact) mass is 303 g/mol. The molecule has 5 heteroatoms. The Morgan fingerprint density at radius 2 is 2.43 bits per heavy atom. The van der Waals surface area contributed by atoms with Crippen molar-refractivity contribution >= 4 is 17.5 Å². The first-order valence-corrected chi connectivity index (χ1v) is 7.83. The Bertz CT molecular complexity index is 651. The van der Waals surface area contributed by atoms with E-state index < -0.39 is 6.16 Å². The lowest BCUT2D eigenvalue weighted by atomic mass is 9.93. The highest BCUT2D eigenvalue weighted by molar-refractivity contribution is 7.12. The van der Waals surface area contributed by atoms with Crippen LogP contribution in [-0.2, 0) is 24.0 Å². The molecule has 1 unspecified atom stereocenters. The van der Waals surface area contributed by atoms with Crippen LogP contribution in [0.2, 0.25) is 0 Å². The van der Waals surface area contributed by atoms with Crippen LogP contribution in [0.3, 0.4) is 0 Å². The average molecular weight is 303 g/mol. The van der Waals surface area contributed by atoms with Crippen LogP contribution in [0.25, 0.3) is 0 Å².